The molecule has 0 aliphatic carbocycles. The van der Waals surface area contributed by atoms with Gasteiger partial charge < -0.3 is 25.0 Å². The summed E-state index contributed by atoms with van der Waals surface area (Å²) in [7, 11) is 0. The molecule has 1 aromatic carbocycles. The molecule has 0 radical (unpaired) electrons. The highest BCUT2D eigenvalue weighted by Gasteiger charge is 2.25. The molecular formula is C25H27FN4O5. The molecular weight excluding hydrogens is 455 g/mol. The molecule has 3 N–H and O–H groups in total. The Morgan fingerprint density at radius 3 is 2.69 bits per heavy atom. The van der Waals surface area contributed by atoms with Crippen LogP contribution in [-0.4, -0.2) is 52.3 Å². The fourth-order valence-corrected chi connectivity index (χ4v) is 4.15. The van der Waals surface area contributed by atoms with Crippen molar-refractivity contribution in [2.24, 2.45) is 0 Å². The molecule has 0 saturated carbocycles. The zero-order valence-corrected chi connectivity index (χ0v) is 19.3. The van der Waals surface area contributed by atoms with Gasteiger partial charge in [0.15, 0.2) is 5.75 Å². The predicted molar refractivity (Wildman–Crippen MR) is 127 cm³/mol. The van der Waals surface area contributed by atoms with E-state index in [0.29, 0.717) is 18.5 Å². The molecule has 35 heavy (non-hydrogen) atoms. The molecule has 0 bridgehead atoms. The van der Waals surface area contributed by atoms with Gasteiger partial charge in [0.05, 0.1) is 11.6 Å². The van der Waals surface area contributed by atoms with E-state index in [1.165, 1.54) is 23.6 Å². The minimum absolute atomic E-state index is 0.0723. The lowest BCUT2D eigenvalue weighted by molar-refractivity contribution is -0.118. The SMILES string of the molecule is CC(=O)NCCn1c(=O)c(C(=O)NCC2CCCO2)c(O)c2ncc(Cc3ccc(F)cc3)cc21. The summed E-state index contributed by atoms with van der Waals surface area (Å²) in [6.45, 7) is 2.44. The number of amides is 2. The Bertz CT molecular complexity index is 1300. The summed E-state index contributed by atoms with van der Waals surface area (Å²) in [6, 6.07) is 7.74. The minimum atomic E-state index is -0.713. The number of nitrogens with zero attached hydrogens (tertiary/aromatic N) is 2. The molecule has 1 atom stereocenters. The van der Waals surface area contributed by atoms with E-state index < -0.39 is 22.8 Å². The van der Waals surface area contributed by atoms with E-state index in [2.05, 4.69) is 15.6 Å². The van der Waals surface area contributed by atoms with Gasteiger partial charge in [0.25, 0.3) is 11.5 Å². The van der Waals surface area contributed by atoms with Crippen LogP contribution in [-0.2, 0) is 22.5 Å². The molecule has 4 rings (SSSR count). The Balaban J connectivity index is 1.71. The third-order valence-corrected chi connectivity index (χ3v) is 5.91. The van der Waals surface area contributed by atoms with Crippen molar-refractivity contribution in [1.82, 2.24) is 20.2 Å². The Morgan fingerprint density at radius 1 is 1.23 bits per heavy atom. The largest absolute Gasteiger partial charge is 0.505 e. The zero-order valence-electron chi connectivity index (χ0n) is 19.3. The fraction of sp³-hybridized carbons (Fsp3) is 0.360. The van der Waals surface area contributed by atoms with Crippen molar-refractivity contribution >= 4 is 22.8 Å². The Hall–Kier alpha value is -3.79. The summed E-state index contributed by atoms with van der Waals surface area (Å²) in [5, 5.41) is 16.2. The summed E-state index contributed by atoms with van der Waals surface area (Å²) in [5.41, 5.74) is 0.898. The maximum Gasteiger partial charge on any atom is 0.267 e. The summed E-state index contributed by atoms with van der Waals surface area (Å²) in [4.78, 5) is 41.9. The average molecular weight is 483 g/mol. The molecule has 0 spiro atoms. The van der Waals surface area contributed by atoms with Gasteiger partial charge in [0.1, 0.15) is 16.9 Å². The number of pyridine rings is 2. The van der Waals surface area contributed by atoms with E-state index >= 15 is 0 Å². The first-order valence-electron chi connectivity index (χ1n) is 11.5. The first-order valence-corrected chi connectivity index (χ1v) is 11.5. The highest BCUT2D eigenvalue weighted by Crippen LogP contribution is 2.26. The molecule has 1 aliphatic rings. The van der Waals surface area contributed by atoms with E-state index in [1.54, 1.807) is 24.4 Å². The summed E-state index contributed by atoms with van der Waals surface area (Å²) < 4.78 is 20.1. The Kier molecular flexibility index (Phi) is 7.40. The second kappa shape index (κ2) is 10.6. The van der Waals surface area contributed by atoms with Gasteiger partial charge in [-0.2, -0.15) is 0 Å². The van der Waals surface area contributed by atoms with Gasteiger partial charge >= 0.3 is 0 Å². The summed E-state index contributed by atoms with van der Waals surface area (Å²) >= 11 is 0. The second-order valence-electron chi connectivity index (χ2n) is 8.52. The quantitative estimate of drug-likeness (QED) is 0.451. The molecule has 1 aliphatic heterocycles. The van der Waals surface area contributed by atoms with E-state index in [4.69, 9.17) is 4.74 Å². The number of carbonyl (C=O) groups excluding carboxylic acids is 2. The van der Waals surface area contributed by atoms with Crippen molar-refractivity contribution < 1.29 is 23.8 Å². The number of hydrogen-bond donors (Lipinski definition) is 3. The van der Waals surface area contributed by atoms with Crippen LogP contribution in [0.2, 0.25) is 0 Å². The van der Waals surface area contributed by atoms with Gasteiger partial charge in [-0.3, -0.25) is 19.4 Å². The van der Waals surface area contributed by atoms with Gasteiger partial charge in [-0.25, -0.2) is 4.39 Å². The van der Waals surface area contributed by atoms with E-state index in [9.17, 15) is 23.9 Å². The number of benzene rings is 1. The van der Waals surface area contributed by atoms with Gasteiger partial charge in [-0.05, 0) is 48.6 Å². The molecule has 2 amide bonds. The highest BCUT2D eigenvalue weighted by molar-refractivity contribution is 6.01. The van der Waals surface area contributed by atoms with E-state index in [0.717, 1.165) is 24.0 Å². The van der Waals surface area contributed by atoms with Gasteiger partial charge in [0.2, 0.25) is 5.91 Å². The monoisotopic (exact) mass is 482 g/mol. The highest BCUT2D eigenvalue weighted by atomic mass is 19.1. The maximum absolute atomic E-state index is 13.4. The predicted octanol–water partition coefficient (Wildman–Crippen LogP) is 1.88. The fourth-order valence-electron chi connectivity index (χ4n) is 4.15. The summed E-state index contributed by atoms with van der Waals surface area (Å²) in [5.74, 6) is -1.81. The number of aromatic nitrogens is 2. The van der Waals surface area contributed by atoms with Crippen LogP contribution in [0.25, 0.3) is 11.0 Å². The number of ether oxygens (including phenoxy) is 1. The van der Waals surface area contributed by atoms with Crippen molar-refractivity contribution in [1.29, 1.82) is 0 Å². The molecule has 1 fully saturated rings. The molecule has 1 saturated heterocycles. The van der Waals surface area contributed by atoms with Crippen molar-refractivity contribution in [3.63, 3.8) is 0 Å². The first kappa shape index (κ1) is 24.3. The van der Waals surface area contributed by atoms with Crippen molar-refractivity contribution in [2.75, 3.05) is 19.7 Å². The van der Waals surface area contributed by atoms with Gasteiger partial charge in [-0.1, -0.05) is 12.1 Å². The van der Waals surface area contributed by atoms with E-state index in [-0.39, 0.29) is 43.0 Å². The van der Waals surface area contributed by atoms with Crippen LogP contribution in [0.3, 0.4) is 0 Å². The van der Waals surface area contributed by atoms with Crippen LogP contribution in [0.4, 0.5) is 4.39 Å². The lowest BCUT2D eigenvalue weighted by Gasteiger charge is -2.16. The van der Waals surface area contributed by atoms with Crippen molar-refractivity contribution in [2.45, 2.75) is 38.8 Å². The van der Waals surface area contributed by atoms with Crippen LogP contribution in [0.5, 0.6) is 5.75 Å². The number of rotatable bonds is 8. The minimum Gasteiger partial charge on any atom is -0.505 e. The Labute approximate surface area is 200 Å². The van der Waals surface area contributed by atoms with Gasteiger partial charge in [0, 0.05) is 39.4 Å². The first-order chi connectivity index (χ1) is 16.8. The van der Waals surface area contributed by atoms with Gasteiger partial charge in [-0.15, -0.1) is 0 Å². The Morgan fingerprint density at radius 2 is 2.00 bits per heavy atom. The lowest BCUT2D eigenvalue weighted by Crippen LogP contribution is -2.38. The number of aromatic hydroxyl groups is 1. The lowest BCUT2D eigenvalue weighted by atomic mass is 10.1. The molecule has 1 unspecified atom stereocenters. The topological polar surface area (TPSA) is 123 Å². The number of hydrogen-bond acceptors (Lipinski definition) is 6. The van der Waals surface area contributed by atoms with Crippen LogP contribution in [0.1, 0.15) is 41.3 Å². The smallest absolute Gasteiger partial charge is 0.267 e. The van der Waals surface area contributed by atoms with Crippen molar-refractivity contribution in [3.8, 4) is 5.75 Å². The molecule has 10 heteroatoms. The third-order valence-electron chi connectivity index (χ3n) is 5.91. The number of halogens is 1. The van der Waals surface area contributed by atoms with Crippen LogP contribution in [0, 0.1) is 5.82 Å². The van der Waals surface area contributed by atoms with Crippen molar-refractivity contribution in [3.05, 3.63) is 69.4 Å². The number of nitrogens with one attached hydrogen (secondary N) is 2. The standard InChI is InChI=1S/C25H27FN4O5/c1-15(31)27-8-9-30-20-12-17(11-16-4-6-18(26)7-5-16)13-28-22(20)23(32)21(25(30)34)24(33)29-14-19-3-2-10-35-19/h4-7,12-13,19,32H,2-3,8-11,14H2,1H3,(H,27,31)(H,29,33). The normalized spacial score (nSPS) is 15.3. The maximum atomic E-state index is 13.4. The molecule has 3 heterocycles. The van der Waals surface area contributed by atoms with E-state index in [1.807, 2.05) is 0 Å². The van der Waals surface area contributed by atoms with Crippen LogP contribution < -0.4 is 16.2 Å². The second-order valence-corrected chi connectivity index (χ2v) is 8.52. The number of fused-ring (bicyclic) bond motifs is 1. The molecule has 3 aromatic rings. The molecule has 2 aromatic heterocycles. The summed E-state index contributed by atoms with van der Waals surface area (Å²) in [6.07, 6.45) is 3.55. The zero-order chi connectivity index (χ0) is 24.9. The van der Waals surface area contributed by atoms with Crippen LogP contribution in [0.15, 0.2) is 41.3 Å². The molecule has 9 nitrogen and oxygen atoms in total. The third kappa shape index (κ3) is 5.65. The number of carbonyl (C=O) groups is 2. The average Bonchev–Trinajstić information content (AvgIpc) is 3.35. The molecule has 184 valence electrons. The van der Waals surface area contributed by atoms with Crippen LogP contribution >= 0.6 is 0 Å².